The maximum absolute atomic E-state index is 12.0. The van der Waals surface area contributed by atoms with E-state index in [1.165, 1.54) is 6.08 Å². The van der Waals surface area contributed by atoms with Gasteiger partial charge in [0.2, 0.25) is 5.91 Å². The molecule has 1 saturated heterocycles. The number of amides is 1. The number of rotatable bonds is 6. The molecule has 1 aliphatic heterocycles. The molecule has 0 spiro atoms. The number of aromatic nitrogens is 3. The number of carbonyl (C=O) groups is 1. The second kappa shape index (κ2) is 9.19. The first-order valence-electron chi connectivity index (χ1n) is 10.9. The molecule has 1 amide bonds. The van der Waals surface area contributed by atoms with Crippen molar-refractivity contribution in [1.29, 1.82) is 0 Å². The number of hydrogen-bond donors (Lipinski definition) is 0. The van der Waals surface area contributed by atoms with Crippen molar-refractivity contribution in [3.05, 3.63) is 78.6 Å². The van der Waals surface area contributed by atoms with Crippen molar-refractivity contribution in [3.8, 4) is 28.5 Å². The minimum absolute atomic E-state index is 0.0485. The van der Waals surface area contributed by atoms with Gasteiger partial charge in [0, 0.05) is 36.4 Å². The summed E-state index contributed by atoms with van der Waals surface area (Å²) in [5, 5.41) is 6.33. The number of pyridine rings is 1. The van der Waals surface area contributed by atoms with E-state index in [-0.39, 0.29) is 11.9 Å². The van der Waals surface area contributed by atoms with Crippen LogP contribution in [-0.4, -0.2) is 45.8 Å². The average Bonchev–Trinajstić information content (AvgIpc) is 3.51. The van der Waals surface area contributed by atoms with Gasteiger partial charge in [-0.15, -0.1) is 0 Å². The standard InChI is InChI=1S/C26H23ClN4O3/c1-3-24(32)30-14-12-18(16-30)31-21-11-13-28-15-20(21)26(29-31)17-7-9-19(10-8-17)34-23-6-4-5-22(33-2)25(23)27/h3-11,13,15,18H,1,12,14,16H2,2H3. The smallest absolute Gasteiger partial charge is 0.246 e. The number of ether oxygens (including phenoxy) is 2. The molecule has 1 aliphatic rings. The molecule has 1 fully saturated rings. The zero-order valence-corrected chi connectivity index (χ0v) is 19.4. The van der Waals surface area contributed by atoms with E-state index in [1.54, 1.807) is 25.4 Å². The van der Waals surface area contributed by atoms with Crippen LogP contribution in [0.2, 0.25) is 5.02 Å². The molecule has 2 aromatic carbocycles. The molecule has 2 aromatic heterocycles. The van der Waals surface area contributed by atoms with Crippen LogP contribution in [-0.2, 0) is 4.79 Å². The highest BCUT2D eigenvalue weighted by molar-refractivity contribution is 6.33. The molecule has 0 radical (unpaired) electrons. The summed E-state index contributed by atoms with van der Waals surface area (Å²) in [7, 11) is 1.57. The van der Waals surface area contributed by atoms with Crippen molar-refractivity contribution in [2.75, 3.05) is 20.2 Å². The van der Waals surface area contributed by atoms with Gasteiger partial charge in [0.05, 0.1) is 18.7 Å². The van der Waals surface area contributed by atoms with Crippen molar-refractivity contribution in [2.45, 2.75) is 12.5 Å². The lowest BCUT2D eigenvalue weighted by atomic mass is 10.1. The maximum Gasteiger partial charge on any atom is 0.246 e. The third-order valence-corrected chi connectivity index (χ3v) is 6.38. The molecule has 34 heavy (non-hydrogen) atoms. The Bertz CT molecular complexity index is 1370. The molecule has 172 valence electrons. The van der Waals surface area contributed by atoms with E-state index in [2.05, 4.69) is 11.6 Å². The number of methoxy groups -OCH3 is 1. The van der Waals surface area contributed by atoms with E-state index >= 15 is 0 Å². The summed E-state index contributed by atoms with van der Waals surface area (Å²) in [5.41, 5.74) is 2.77. The van der Waals surface area contributed by atoms with Gasteiger partial charge < -0.3 is 14.4 Å². The van der Waals surface area contributed by atoms with Crippen molar-refractivity contribution in [1.82, 2.24) is 19.7 Å². The van der Waals surface area contributed by atoms with Crippen molar-refractivity contribution in [3.63, 3.8) is 0 Å². The van der Waals surface area contributed by atoms with E-state index in [9.17, 15) is 4.79 Å². The largest absolute Gasteiger partial charge is 0.495 e. The highest BCUT2D eigenvalue weighted by Crippen LogP contribution is 2.37. The van der Waals surface area contributed by atoms with Crippen LogP contribution in [0.5, 0.6) is 17.2 Å². The summed E-state index contributed by atoms with van der Waals surface area (Å²) in [5.74, 6) is 1.68. The molecule has 1 unspecified atom stereocenters. The topological polar surface area (TPSA) is 69.5 Å². The van der Waals surface area contributed by atoms with E-state index in [1.807, 2.05) is 52.2 Å². The predicted octanol–water partition coefficient (Wildman–Crippen LogP) is 5.51. The molecular formula is C26H23ClN4O3. The molecule has 0 N–H and O–H groups in total. The van der Waals surface area contributed by atoms with Crippen LogP contribution in [0.4, 0.5) is 0 Å². The van der Waals surface area contributed by atoms with Crippen LogP contribution in [0.3, 0.4) is 0 Å². The van der Waals surface area contributed by atoms with Gasteiger partial charge in [-0.2, -0.15) is 5.10 Å². The molecule has 8 heteroatoms. The highest BCUT2D eigenvalue weighted by atomic mass is 35.5. The third kappa shape index (κ3) is 3.99. The average molecular weight is 475 g/mol. The minimum atomic E-state index is -0.0485. The lowest BCUT2D eigenvalue weighted by Gasteiger charge is -2.15. The minimum Gasteiger partial charge on any atom is -0.495 e. The Labute approximate surface area is 202 Å². The fraction of sp³-hybridized carbons (Fsp3) is 0.192. The van der Waals surface area contributed by atoms with E-state index < -0.39 is 0 Å². The summed E-state index contributed by atoms with van der Waals surface area (Å²) in [4.78, 5) is 18.2. The Morgan fingerprint density at radius 3 is 2.74 bits per heavy atom. The first-order chi connectivity index (χ1) is 16.6. The Morgan fingerprint density at radius 2 is 1.97 bits per heavy atom. The molecule has 1 atom stereocenters. The maximum atomic E-state index is 12.0. The summed E-state index contributed by atoms with van der Waals surface area (Å²) < 4.78 is 13.2. The molecule has 0 bridgehead atoms. The van der Waals surface area contributed by atoms with Gasteiger partial charge in [0.25, 0.3) is 0 Å². The van der Waals surface area contributed by atoms with Crippen LogP contribution in [0, 0.1) is 0 Å². The number of fused-ring (bicyclic) bond motifs is 1. The molecule has 5 rings (SSSR count). The predicted molar refractivity (Wildman–Crippen MR) is 131 cm³/mol. The number of likely N-dealkylation sites (tertiary alicyclic amines) is 1. The van der Waals surface area contributed by atoms with Gasteiger partial charge in [-0.1, -0.05) is 24.2 Å². The van der Waals surface area contributed by atoms with Crippen LogP contribution < -0.4 is 9.47 Å². The number of halogens is 1. The molecule has 0 aliphatic carbocycles. The number of nitrogens with zero attached hydrogens (tertiary/aromatic N) is 4. The van der Waals surface area contributed by atoms with E-state index in [0.717, 1.165) is 28.6 Å². The number of hydrogen-bond acceptors (Lipinski definition) is 5. The highest BCUT2D eigenvalue weighted by Gasteiger charge is 2.28. The molecule has 0 saturated carbocycles. The molecular weight excluding hydrogens is 452 g/mol. The lowest BCUT2D eigenvalue weighted by Crippen LogP contribution is -2.27. The molecule has 7 nitrogen and oxygen atoms in total. The summed E-state index contributed by atoms with van der Waals surface area (Å²) in [6, 6.07) is 15.2. The first-order valence-corrected chi connectivity index (χ1v) is 11.3. The lowest BCUT2D eigenvalue weighted by molar-refractivity contribution is -0.125. The zero-order valence-electron chi connectivity index (χ0n) is 18.6. The van der Waals surface area contributed by atoms with Gasteiger partial charge in [0.1, 0.15) is 28.0 Å². The van der Waals surface area contributed by atoms with E-state index in [0.29, 0.717) is 35.4 Å². The Balaban J connectivity index is 1.44. The van der Waals surface area contributed by atoms with Gasteiger partial charge in [-0.05, 0) is 55.0 Å². The Morgan fingerprint density at radius 1 is 1.18 bits per heavy atom. The van der Waals surface area contributed by atoms with Gasteiger partial charge in [0.15, 0.2) is 0 Å². The summed E-state index contributed by atoms with van der Waals surface area (Å²) in [6.07, 6.45) is 5.80. The Kier molecular flexibility index (Phi) is 5.94. The molecule has 3 heterocycles. The first kappa shape index (κ1) is 22.0. The van der Waals surface area contributed by atoms with Crippen molar-refractivity contribution in [2.24, 2.45) is 0 Å². The van der Waals surface area contributed by atoms with Crippen molar-refractivity contribution >= 4 is 28.4 Å². The monoisotopic (exact) mass is 474 g/mol. The van der Waals surface area contributed by atoms with Crippen LogP contribution >= 0.6 is 11.6 Å². The summed E-state index contributed by atoms with van der Waals surface area (Å²) in [6.45, 7) is 4.90. The third-order valence-electron chi connectivity index (χ3n) is 6.01. The fourth-order valence-electron chi connectivity index (χ4n) is 4.28. The number of benzene rings is 2. The fourth-order valence-corrected chi connectivity index (χ4v) is 4.52. The molecule has 4 aromatic rings. The van der Waals surface area contributed by atoms with Crippen molar-refractivity contribution < 1.29 is 14.3 Å². The SMILES string of the molecule is C=CC(=O)N1CCC(n2nc(-c3ccc(Oc4cccc(OC)c4Cl)cc3)c3cnccc32)C1. The van der Waals surface area contributed by atoms with Crippen LogP contribution in [0.25, 0.3) is 22.2 Å². The van der Waals surface area contributed by atoms with E-state index in [4.69, 9.17) is 26.2 Å². The second-order valence-corrected chi connectivity index (χ2v) is 8.39. The number of carbonyl (C=O) groups excluding carboxylic acids is 1. The Hall–Kier alpha value is -3.84. The van der Waals surface area contributed by atoms with Crippen LogP contribution in [0.1, 0.15) is 12.5 Å². The zero-order chi connectivity index (χ0) is 23.7. The van der Waals surface area contributed by atoms with Gasteiger partial charge in [-0.3, -0.25) is 14.5 Å². The normalized spacial score (nSPS) is 15.5. The quantitative estimate of drug-likeness (QED) is 0.344. The second-order valence-electron chi connectivity index (χ2n) is 8.02. The van der Waals surface area contributed by atoms with Gasteiger partial charge >= 0.3 is 0 Å². The van der Waals surface area contributed by atoms with Crippen LogP contribution in [0.15, 0.2) is 73.6 Å². The summed E-state index contributed by atoms with van der Waals surface area (Å²) >= 11 is 6.36. The van der Waals surface area contributed by atoms with Gasteiger partial charge in [-0.25, -0.2) is 0 Å².